The van der Waals surface area contributed by atoms with E-state index in [9.17, 15) is 13.2 Å². The molecule has 1 aliphatic carbocycles. The smallest absolute Gasteiger partial charge is 0.411 e. The van der Waals surface area contributed by atoms with E-state index >= 15 is 0 Å². The van der Waals surface area contributed by atoms with Crippen LogP contribution in [-0.4, -0.2) is 49.5 Å². The molecule has 2 saturated heterocycles. The van der Waals surface area contributed by atoms with Crippen molar-refractivity contribution in [2.75, 3.05) is 12.9 Å². The van der Waals surface area contributed by atoms with Crippen LogP contribution in [-0.2, 0) is 19.0 Å². The Morgan fingerprint density at radius 1 is 1.33 bits per heavy atom. The first-order valence-electron chi connectivity index (χ1n) is 7.29. The molecule has 7 heteroatoms. The van der Waals surface area contributed by atoms with Crippen molar-refractivity contribution >= 4 is 16.2 Å². The van der Waals surface area contributed by atoms with Gasteiger partial charge in [-0.2, -0.15) is 8.42 Å². The van der Waals surface area contributed by atoms with Crippen LogP contribution in [0.25, 0.3) is 0 Å². The van der Waals surface area contributed by atoms with Gasteiger partial charge in [-0.1, -0.05) is 6.92 Å². The SMILES string of the molecule is CC1CC2CC(COS(C)(=O)=O)(C1)N2C(=O)OC(C)(C)C. The fraction of sp³-hybridized carbons (Fsp3) is 0.929. The molecular weight excluding hydrogens is 294 g/mol. The Morgan fingerprint density at radius 2 is 1.95 bits per heavy atom. The quantitative estimate of drug-likeness (QED) is 0.745. The predicted octanol–water partition coefficient (Wildman–Crippen LogP) is 2.14. The first-order chi connectivity index (χ1) is 9.42. The summed E-state index contributed by atoms with van der Waals surface area (Å²) < 4.78 is 33.0. The van der Waals surface area contributed by atoms with Gasteiger partial charge in [0.05, 0.1) is 18.4 Å². The minimum atomic E-state index is -3.52. The number of nitrogens with zero attached hydrogens (tertiary/aromatic N) is 1. The van der Waals surface area contributed by atoms with Crippen LogP contribution in [0.1, 0.15) is 47.0 Å². The maximum atomic E-state index is 12.4. The molecule has 1 amide bonds. The number of hydrogen-bond acceptors (Lipinski definition) is 5. The van der Waals surface area contributed by atoms with Gasteiger partial charge in [0.2, 0.25) is 0 Å². The van der Waals surface area contributed by atoms with Crippen molar-refractivity contribution in [3.8, 4) is 0 Å². The highest BCUT2D eigenvalue weighted by molar-refractivity contribution is 7.85. The lowest BCUT2D eigenvalue weighted by molar-refractivity contribution is -0.137. The van der Waals surface area contributed by atoms with E-state index in [2.05, 4.69) is 6.92 Å². The lowest BCUT2D eigenvalue weighted by Crippen LogP contribution is -2.73. The highest BCUT2D eigenvalue weighted by atomic mass is 32.2. The van der Waals surface area contributed by atoms with Crippen LogP contribution >= 0.6 is 0 Å². The standard InChI is InChI=1S/C14H25NO5S/c1-10-6-11-8-14(7-10,9-19-21(5,17)18)15(11)12(16)20-13(2,3)4/h10-11H,6-9H2,1-5H3. The van der Waals surface area contributed by atoms with Crippen LogP contribution in [0, 0.1) is 5.92 Å². The van der Waals surface area contributed by atoms with Crippen molar-refractivity contribution < 1.29 is 22.1 Å². The van der Waals surface area contributed by atoms with Crippen molar-refractivity contribution in [2.24, 2.45) is 5.92 Å². The second-order valence-corrected chi connectivity index (χ2v) is 9.09. The molecule has 0 spiro atoms. The van der Waals surface area contributed by atoms with Gasteiger partial charge in [0, 0.05) is 6.04 Å². The number of ether oxygens (including phenoxy) is 1. The highest BCUT2D eigenvalue weighted by Gasteiger charge is 2.59. The number of rotatable bonds is 3. The zero-order valence-electron chi connectivity index (χ0n) is 13.4. The van der Waals surface area contributed by atoms with E-state index in [-0.39, 0.29) is 18.7 Å². The number of hydrogen-bond donors (Lipinski definition) is 0. The third-order valence-corrected chi connectivity index (χ3v) is 4.57. The monoisotopic (exact) mass is 319 g/mol. The Kier molecular flexibility index (Phi) is 4.04. The van der Waals surface area contributed by atoms with Crippen LogP contribution in [0.4, 0.5) is 4.79 Å². The third kappa shape index (κ3) is 3.69. The molecule has 0 aromatic rings. The van der Waals surface area contributed by atoms with E-state index in [4.69, 9.17) is 8.92 Å². The van der Waals surface area contributed by atoms with Crippen molar-refractivity contribution in [2.45, 2.75) is 64.1 Å². The van der Waals surface area contributed by atoms with Crippen LogP contribution in [0.3, 0.4) is 0 Å². The zero-order chi connectivity index (χ0) is 16.1. The zero-order valence-corrected chi connectivity index (χ0v) is 14.2. The van der Waals surface area contributed by atoms with Crippen LogP contribution in [0.5, 0.6) is 0 Å². The van der Waals surface area contributed by atoms with E-state index in [0.29, 0.717) is 5.92 Å². The van der Waals surface area contributed by atoms with E-state index < -0.39 is 21.3 Å². The normalized spacial score (nSPS) is 32.5. The molecule has 6 nitrogen and oxygen atoms in total. The fourth-order valence-corrected chi connectivity index (χ4v) is 3.96. The van der Waals surface area contributed by atoms with Crippen LogP contribution in [0.2, 0.25) is 0 Å². The number of carbonyl (C=O) groups excluding carboxylic acids is 1. The molecular formula is C14H25NO5S. The largest absolute Gasteiger partial charge is 0.444 e. The molecule has 3 atom stereocenters. The minimum Gasteiger partial charge on any atom is -0.444 e. The molecule has 0 N–H and O–H groups in total. The Morgan fingerprint density at radius 3 is 2.48 bits per heavy atom. The summed E-state index contributed by atoms with van der Waals surface area (Å²) in [6, 6.07) is 0.131. The van der Waals surface area contributed by atoms with E-state index in [0.717, 1.165) is 25.5 Å². The molecule has 1 saturated carbocycles. The van der Waals surface area contributed by atoms with Gasteiger partial charge in [-0.25, -0.2) is 4.79 Å². The Hall–Kier alpha value is -0.820. The maximum absolute atomic E-state index is 12.4. The van der Waals surface area contributed by atoms with Crippen LogP contribution in [0.15, 0.2) is 0 Å². The van der Waals surface area contributed by atoms with Gasteiger partial charge in [-0.05, 0) is 46.0 Å². The molecule has 0 radical (unpaired) electrons. The maximum Gasteiger partial charge on any atom is 0.411 e. The lowest BCUT2D eigenvalue weighted by Gasteiger charge is -2.62. The average molecular weight is 319 g/mol. The molecule has 0 aromatic heterocycles. The second-order valence-electron chi connectivity index (χ2n) is 7.44. The lowest BCUT2D eigenvalue weighted by atomic mass is 9.65. The van der Waals surface area contributed by atoms with Gasteiger partial charge in [-0.15, -0.1) is 0 Å². The molecule has 3 aliphatic rings. The summed E-state index contributed by atoms with van der Waals surface area (Å²) in [4.78, 5) is 14.1. The molecule has 122 valence electrons. The van der Waals surface area contributed by atoms with Crippen molar-refractivity contribution in [1.82, 2.24) is 4.90 Å². The summed E-state index contributed by atoms with van der Waals surface area (Å²) >= 11 is 0. The number of fused-ring (bicyclic) bond motifs is 2. The first kappa shape index (κ1) is 16.5. The Bertz CT molecular complexity index is 524. The summed E-state index contributed by atoms with van der Waals surface area (Å²) in [6.07, 6.45) is 3.12. The van der Waals surface area contributed by atoms with E-state index in [1.807, 2.05) is 20.8 Å². The summed E-state index contributed by atoms with van der Waals surface area (Å²) in [5.41, 5.74) is -1.10. The van der Waals surface area contributed by atoms with Gasteiger partial charge >= 0.3 is 6.09 Å². The Labute approximate surface area is 126 Å². The van der Waals surface area contributed by atoms with E-state index in [1.54, 1.807) is 4.90 Å². The summed E-state index contributed by atoms with van der Waals surface area (Å²) in [7, 11) is -3.52. The van der Waals surface area contributed by atoms with Crippen molar-refractivity contribution in [3.05, 3.63) is 0 Å². The predicted molar refractivity (Wildman–Crippen MR) is 78.4 cm³/mol. The highest BCUT2D eigenvalue weighted by Crippen LogP contribution is 2.50. The van der Waals surface area contributed by atoms with Gasteiger partial charge in [-0.3, -0.25) is 9.08 Å². The minimum absolute atomic E-state index is 0.0198. The molecule has 0 aromatic carbocycles. The first-order valence-corrected chi connectivity index (χ1v) is 9.10. The van der Waals surface area contributed by atoms with Crippen molar-refractivity contribution in [1.29, 1.82) is 0 Å². The van der Waals surface area contributed by atoms with Gasteiger partial charge in [0.1, 0.15) is 5.60 Å². The summed E-state index contributed by atoms with van der Waals surface area (Å²) in [5.74, 6) is 0.450. The summed E-state index contributed by atoms with van der Waals surface area (Å²) in [5, 5.41) is 0. The van der Waals surface area contributed by atoms with Gasteiger partial charge in [0.25, 0.3) is 10.1 Å². The molecule has 21 heavy (non-hydrogen) atoms. The topological polar surface area (TPSA) is 72.9 Å². The molecule has 2 aliphatic heterocycles. The van der Waals surface area contributed by atoms with E-state index in [1.165, 1.54) is 0 Å². The molecule has 3 rings (SSSR count). The summed E-state index contributed by atoms with van der Waals surface area (Å²) in [6.45, 7) is 7.61. The van der Waals surface area contributed by atoms with Crippen LogP contribution < -0.4 is 0 Å². The Balaban J connectivity index is 2.14. The van der Waals surface area contributed by atoms with Crippen molar-refractivity contribution in [3.63, 3.8) is 0 Å². The average Bonchev–Trinajstić information content (AvgIpc) is 2.21. The molecule has 3 unspecified atom stereocenters. The third-order valence-electron chi connectivity index (χ3n) is 4.03. The number of piperidine rings is 1. The molecule has 3 fully saturated rings. The number of carbonyl (C=O) groups is 1. The molecule has 2 heterocycles. The van der Waals surface area contributed by atoms with Gasteiger partial charge < -0.3 is 4.74 Å². The molecule has 2 bridgehead atoms. The fourth-order valence-electron chi connectivity index (χ4n) is 3.53. The number of amides is 1. The van der Waals surface area contributed by atoms with Gasteiger partial charge in [0.15, 0.2) is 0 Å². The second kappa shape index (κ2) is 5.12.